The molecule has 2 aromatic rings. The first-order chi connectivity index (χ1) is 16.4. The molecule has 3 heterocycles. The zero-order valence-corrected chi connectivity index (χ0v) is 19.6. The molecule has 0 radical (unpaired) electrons. The number of nitrogens with one attached hydrogen (secondary N) is 1. The van der Waals surface area contributed by atoms with Crippen molar-refractivity contribution in [2.45, 2.75) is 31.1 Å². The second-order valence-electron chi connectivity index (χ2n) is 7.89. The summed E-state index contributed by atoms with van der Waals surface area (Å²) in [4.78, 5) is 43.3. The van der Waals surface area contributed by atoms with Crippen molar-refractivity contribution in [2.75, 3.05) is 37.6 Å². The van der Waals surface area contributed by atoms with Gasteiger partial charge in [0.25, 0.3) is 5.91 Å². The van der Waals surface area contributed by atoms with Crippen LogP contribution in [0.1, 0.15) is 24.2 Å². The Morgan fingerprint density at radius 2 is 1.91 bits per heavy atom. The Bertz CT molecular complexity index is 1070. The number of nitrogens with zero attached hydrogens (tertiary/aromatic N) is 2. The van der Waals surface area contributed by atoms with Crippen LogP contribution in [0.5, 0.6) is 11.5 Å². The minimum absolute atomic E-state index is 0.0220. The van der Waals surface area contributed by atoms with Gasteiger partial charge < -0.3 is 29.2 Å². The molecular formula is C23H25N3O7S. The summed E-state index contributed by atoms with van der Waals surface area (Å²) in [5.74, 6) is -0.0182. The standard InChI is InChI=1S/C23H25N3O7S/c1-14-9-26(10-15(2)33-14)21(28)11-30-23(29)17-4-3-7-24-22(17)34-12-20(27)25-16-5-6-18-19(8-16)32-13-31-18/h3-8,14-15H,9-13H2,1-2H3,(H,25,27). The van der Waals surface area contributed by atoms with Gasteiger partial charge in [-0.25, -0.2) is 9.78 Å². The molecule has 1 fully saturated rings. The molecule has 1 saturated heterocycles. The molecule has 2 aliphatic rings. The highest BCUT2D eigenvalue weighted by Gasteiger charge is 2.27. The van der Waals surface area contributed by atoms with E-state index in [9.17, 15) is 14.4 Å². The third-order valence-electron chi connectivity index (χ3n) is 5.09. The van der Waals surface area contributed by atoms with Crippen molar-refractivity contribution in [1.82, 2.24) is 9.88 Å². The van der Waals surface area contributed by atoms with E-state index < -0.39 is 5.97 Å². The van der Waals surface area contributed by atoms with Gasteiger partial charge in [-0.05, 0) is 38.1 Å². The molecule has 2 atom stereocenters. The van der Waals surface area contributed by atoms with Gasteiger partial charge in [0.2, 0.25) is 12.7 Å². The second kappa shape index (κ2) is 10.7. The maximum absolute atomic E-state index is 12.6. The Hall–Kier alpha value is -3.31. The van der Waals surface area contributed by atoms with E-state index in [2.05, 4.69) is 10.3 Å². The molecule has 1 aromatic carbocycles. The summed E-state index contributed by atoms with van der Waals surface area (Å²) in [6.07, 6.45) is 1.37. The van der Waals surface area contributed by atoms with Crippen LogP contribution >= 0.6 is 11.8 Å². The van der Waals surface area contributed by atoms with Crippen LogP contribution in [0.4, 0.5) is 5.69 Å². The first-order valence-corrected chi connectivity index (χ1v) is 11.8. The Morgan fingerprint density at radius 3 is 2.71 bits per heavy atom. The van der Waals surface area contributed by atoms with E-state index in [-0.39, 0.29) is 48.7 Å². The number of rotatable bonds is 7. The van der Waals surface area contributed by atoms with E-state index in [1.807, 2.05) is 13.8 Å². The number of anilines is 1. The van der Waals surface area contributed by atoms with Gasteiger partial charge in [-0.15, -0.1) is 0 Å². The van der Waals surface area contributed by atoms with E-state index in [4.69, 9.17) is 18.9 Å². The number of carbonyl (C=O) groups is 3. The van der Waals surface area contributed by atoms with Crippen molar-refractivity contribution >= 4 is 35.2 Å². The predicted molar refractivity (Wildman–Crippen MR) is 123 cm³/mol. The molecule has 34 heavy (non-hydrogen) atoms. The summed E-state index contributed by atoms with van der Waals surface area (Å²) in [6, 6.07) is 8.27. The average molecular weight is 488 g/mol. The molecule has 10 nitrogen and oxygen atoms in total. The number of hydrogen-bond donors (Lipinski definition) is 1. The third-order valence-corrected chi connectivity index (χ3v) is 6.09. The van der Waals surface area contributed by atoms with Gasteiger partial charge >= 0.3 is 5.97 Å². The molecule has 2 aliphatic heterocycles. The predicted octanol–water partition coefficient (Wildman–Crippen LogP) is 2.33. The number of aromatic nitrogens is 1. The lowest BCUT2D eigenvalue weighted by Crippen LogP contribution is -2.49. The Kier molecular flexibility index (Phi) is 7.53. The summed E-state index contributed by atoms with van der Waals surface area (Å²) in [5.41, 5.74) is 0.764. The molecule has 2 unspecified atom stereocenters. The Balaban J connectivity index is 1.30. The summed E-state index contributed by atoms with van der Waals surface area (Å²) in [6.45, 7) is 4.47. The highest BCUT2D eigenvalue weighted by molar-refractivity contribution is 8.00. The molecule has 1 N–H and O–H groups in total. The van der Waals surface area contributed by atoms with Crippen LogP contribution in [0.15, 0.2) is 41.6 Å². The van der Waals surface area contributed by atoms with Crippen LogP contribution in [-0.2, 0) is 19.1 Å². The van der Waals surface area contributed by atoms with Gasteiger partial charge in [-0.2, -0.15) is 0 Å². The van der Waals surface area contributed by atoms with E-state index in [1.54, 1.807) is 35.2 Å². The van der Waals surface area contributed by atoms with Crippen molar-refractivity contribution < 1.29 is 33.3 Å². The van der Waals surface area contributed by atoms with Gasteiger partial charge in [-0.3, -0.25) is 9.59 Å². The molecule has 0 bridgehead atoms. The fraction of sp³-hybridized carbons (Fsp3) is 0.391. The van der Waals surface area contributed by atoms with Gasteiger partial charge in [0, 0.05) is 31.0 Å². The van der Waals surface area contributed by atoms with Crippen LogP contribution < -0.4 is 14.8 Å². The second-order valence-corrected chi connectivity index (χ2v) is 8.86. The lowest BCUT2D eigenvalue weighted by molar-refractivity contribution is -0.146. The number of amides is 2. The first-order valence-electron chi connectivity index (χ1n) is 10.8. The Morgan fingerprint density at radius 1 is 1.15 bits per heavy atom. The quantitative estimate of drug-likeness (QED) is 0.464. The lowest BCUT2D eigenvalue weighted by atomic mass is 10.2. The van der Waals surface area contributed by atoms with Crippen LogP contribution in [-0.4, -0.2) is 72.1 Å². The number of thioether (sulfide) groups is 1. The molecule has 4 rings (SSSR count). The van der Waals surface area contributed by atoms with Crippen molar-refractivity contribution in [2.24, 2.45) is 0 Å². The number of morpholine rings is 1. The minimum atomic E-state index is -0.672. The average Bonchev–Trinajstić information content (AvgIpc) is 3.28. The van der Waals surface area contributed by atoms with Crippen LogP contribution in [0.2, 0.25) is 0 Å². The fourth-order valence-corrected chi connectivity index (χ4v) is 4.43. The largest absolute Gasteiger partial charge is 0.454 e. The number of carbonyl (C=O) groups excluding carboxylic acids is 3. The van der Waals surface area contributed by atoms with Crippen molar-refractivity contribution in [3.63, 3.8) is 0 Å². The normalized spacial score (nSPS) is 18.9. The van der Waals surface area contributed by atoms with E-state index in [1.165, 1.54) is 6.20 Å². The highest BCUT2D eigenvalue weighted by Crippen LogP contribution is 2.34. The molecular weight excluding hydrogens is 462 g/mol. The topological polar surface area (TPSA) is 116 Å². The Labute approximate surface area is 200 Å². The van der Waals surface area contributed by atoms with Crippen molar-refractivity contribution in [1.29, 1.82) is 0 Å². The van der Waals surface area contributed by atoms with Gasteiger partial charge in [-0.1, -0.05) is 11.8 Å². The van der Waals surface area contributed by atoms with Crippen LogP contribution in [0.3, 0.4) is 0 Å². The molecule has 0 saturated carbocycles. The SMILES string of the molecule is CC1CN(C(=O)COC(=O)c2cccnc2SCC(=O)Nc2ccc3c(c2)OCO3)CC(C)O1. The third kappa shape index (κ3) is 5.97. The summed E-state index contributed by atoms with van der Waals surface area (Å²) in [5, 5.41) is 3.12. The number of hydrogen-bond acceptors (Lipinski definition) is 9. The van der Waals surface area contributed by atoms with Gasteiger partial charge in [0.1, 0.15) is 5.03 Å². The van der Waals surface area contributed by atoms with Gasteiger partial charge in [0.15, 0.2) is 18.1 Å². The monoisotopic (exact) mass is 487 g/mol. The molecule has 1 aromatic heterocycles. The van der Waals surface area contributed by atoms with Crippen molar-refractivity contribution in [3.8, 4) is 11.5 Å². The van der Waals surface area contributed by atoms with Crippen molar-refractivity contribution in [3.05, 3.63) is 42.1 Å². The number of esters is 1. The molecule has 2 amide bonds. The number of benzene rings is 1. The summed E-state index contributed by atoms with van der Waals surface area (Å²) in [7, 11) is 0. The summed E-state index contributed by atoms with van der Waals surface area (Å²) >= 11 is 1.10. The summed E-state index contributed by atoms with van der Waals surface area (Å²) < 4.78 is 21.4. The molecule has 0 spiro atoms. The van der Waals surface area contributed by atoms with E-state index in [0.717, 1.165) is 11.8 Å². The zero-order chi connectivity index (χ0) is 24.1. The maximum atomic E-state index is 12.6. The van der Waals surface area contributed by atoms with E-state index in [0.29, 0.717) is 35.3 Å². The van der Waals surface area contributed by atoms with Crippen LogP contribution in [0.25, 0.3) is 0 Å². The maximum Gasteiger partial charge on any atom is 0.341 e. The molecule has 0 aliphatic carbocycles. The van der Waals surface area contributed by atoms with E-state index >= 15 is 0 Å². The fourth-order valence-electron chi connectivity index (χ4n) is 3.64. The first kappa shape index (κ1) is 23.8. The lowest BCUT2D eigenvalue weighted by Gasteiger charge is -2.35. The van der Waals surface area contributed by atoms with Gasteiger partial charge in [0.05, 0.1) is 23.5 Å². The number of ether oxygens (including phenoxy) is 4. The molecule has 180 valence electrons. The zero-order valence-electron chi connectivity index (χ0n) is 18.8. The minimum Gasteiger partial charge on any atom is -0.454 e. The van der Waals surface area contributed by atoms with Crippen LogP contribution in [0, 0.1) is 0 Å². The number of pyridine rings is 1. The smallest absolute Gasteiger partial charge is 0.341 e. The highest BCUT2D eigenvalue weighted by atomic mass is 32.2. The molecule has 11 heteroatoms. The number of fused-ring (bicyclic) bond motifs is 1.